The van der Waals surface area contributed by atoms with E-state index in [1.807, 2.05) is 48.8 Å². The highest BCUT2D eigenvalue weighted by atomic mass is 32.2. The lowest BCUT2D eigenvalue weighted by Gasteiger charge is -2.42. The Balaban J connectivity index is 1.36. The lowest BCUT2D eigenvalue weighted by molar-refractivity contribution is 0.598. The van der Waals surface area contributed by atoms with E-state index in [1.54, 1.807) is 40.9 Å². The molecule has 3 aliphatic rings. The third-order valence-corrected chi connectivity index (χ3v) is 12.0. The summed E-state index contributed by atoms with van der Waals surface area (Å²) in [6.45, 7) is 0. The molecule has 0 bridgehead atoms. The molecule has 2 aliphatic heterocycles. The van der Waals surface area contributed by atoms with Crippen LogP contribution < -0.4 is 4.90 Å². The Morgan fingerprint density at radius 1 is 0.641 bits per heavy atom. The molecule has 1 aliphatic carbocycles. The summed E-state index contributed by atoms with van der Waals surface area (Å²) in [5.41, 5.74) is 6.47. The molecule has 9 rings (SSSR count). The highest BCUT2D eigenvalue weighted by Gasteiger charge is 2.54. The first-order valence-electron chi connectivity index (χ1n) is 12.5. The van der Waals surface area contributed by atoms with E-state index in [9.17, 15) is 8.42 Å². The summed E-state index contributed by atoms with van der Waals surface area (Å²) >= 11 is 3.56. The summed E-state index contributed by atoms with van der Waals surface area (Å²) in [7, 11) is -3.55. The van der Waals surface area contributed by atoms with Crippen molar-refractivity contribution in [1.82, 2.24) is 9.97 Å². The van der Waals surface area contributed by atoms with E-state index in [-0.39, 0.29) is 0 Å². The maximum absolute atomic E-state index is 13.3. The minimum Gasteiger partial charge on any atom is -0.278 e. The number of anilines is 3. The molecule has 8 heteroatoms. The van der Waals surface area contributed by atoms with Crippen molar-refractivity contribution in [2.75, 3.05) is 4.90 Å². The van der Waals surface area contributed by atoms with E-state index < -0.39 is 15.3 Å². The number of thiophene rings is 2. The largest absolute Gasteiger partial charge is 0.278 e. The summed E-state index contributed by atoms with van der Waals surface area (Å²) in [5, 5.41) is 4.35. The molecule has 39 heavy (non-hydrogen) atoms. The van der Waals surface area contributed by atoms with Crippen LogP contribution in [0.4, 0.5) is 17.3 Å². The molecule has 2 aromatic carbocycles. The lowest BCUT2D eigenvalue weighted by atomic mass is 9.67. The minimum absolute atomic E-state index is 0.338. The van der Waals surface area contributed by atoms with Gasteiger partial charge in [-0.15, -0.1) is 22.7 Å². The van der Waals surface area contributed by atoms with Crippen LogP contribution in [0.15, 0.2) is 112 Å². The fraction of sp³-hybridized carbons (Fsp3) is 0.0323. The van der Waals surface area contributed by atoms with Crippen molar-refractivity contribution in [3.8, 4) is 20.9 Å². The van der Waals surface area contributed by atoms with Gasteiger partial charge in [0.05, 0.1) is 15.2 Å². The zero-order chi connectivity index (χ0) is 25.9. The Morgan fingerprint density at radius 2 is 1.26 bits per heavy atom. The smallest absolute Gasteiger partial charge is 0.207 e. The molecule has 5 nitrogen and oxygen atoms in total. The van der Waals surface area contributed by atoms with Gasteiger partial charge in [-0.3, -0.25) is 4.90 Å². The average Bonchev–Trinajstić information content (AvgIpc) is 3.73. The van der Waals surface area contributed by atoms with Gasteiger partial charge < -0.3 is 0 Å². The quantitative estimate of drug-likeness (QED) is 0.208. The zero-order valence-electron chi connectivity index (χ0n) is 20.2. The summed E-state index contributed by atoms with van der Waals surface area (Å²) in [6.07, 6.45) is 3.64. The molecule has 0 unspecified atom stereocenters. The first-order valence-corrected chi connectivity index (χ1v) is 15.7. The molecule has 6 heterocycles. The molecule has 4 aromatic heterocycles. The molecular formula is C31H17N3O2S3. The van der Waals surface area contributed by atoms with Gasteiger partial charge in [-0.2, -0.15) is 0 Å². The molecule has 0 amide bonds. The Morgan fingerprint density at radius 3 is 1.92 bits per heavy atom. The number of benzene rings is 2. The number of fused-ring (bicyclic) bond motifs is 12. The minimum atomic E-state index is -3.55. The molecule has 0 saturated carbocycles. The number of sulfone groups is 1. The van der Waals surface area contributed by atoms with Gasteiger partial charge in [-0.25, -0.2) is 18.4 Å². The van der Waals surface area contributed by atoms with Gasteiger partial charge in [0.2, 0.25) is 9.84 Å². The fourth-order valence-electron chi connectivity index (χ4n) is 6.66. The van der Waals surface area contributed by atoms with Crippen molar-refractivity contribution in [3.05, 3.63) is 124 Å². The molecule has 1 spiro atoms. The number of aromatic nitrogens is 2. The van der Waals surface area contributed by atoms with Crippen LogP contribution >= 0.6 is 22.7 Å². The van der Waals surface area contributed by atoms with Crippen LogP contribution in [-0.4, -0.2) is 18.4 Å². The van der Waals surface area contributed by atoms with Crippen LogP contribution in [0.2, 0.25) is 0 Å². The predicted molar refractivity (Wildman–Crippen MR) is 154 cm³/mol. The van der Waals surface area contributed by atoms with Crippen LogP contribution in [0.25, 0.3) is 20.9 Å². The van der Waals surface area contributed by atoms with E-state index in [0.717, 1.165) is 34.0 Å². The van der Waals surface area contributed by atoms with Gasteiger partial charge in [0.15, 0.2) is 0 Å². The van der Waals surface area contributed by atoms with Gasteiger partial charge in [-0.05, 0) is 70.4 Å². The SMILES string of the molecule is O=S1(=O)c2ccccc2-c2cc(N3c4ncccc4C4(c5cccnc53)c3ccsc3-c3sccc34)ccc21. The van der Waals surface area contributed by atoms with Gasteiger partial charge >= 0.3 is 0 Å². The molecule has 0 radical (unpaired) electrons. The highest BCUT2D eigenvalue weighted by Crippen LogP contribution is 2.64. The maximum atomic E-state index is 13.3. The standard InChI is InChI=1S/C31H17N3O2S3/c35-39(36)25-8-2-1-5-19(25)20-17-18(9-10-26(20)39)34-29-23(6-3-13-32-29)31(24-7-4-14-33-30(24)34)21-11-15-37-27(21)28-22(31)12-16-38-28/h1-17H. The van der Waals surface area contributed by atoms with Crippen LogP contribution in [0.3, 0.4) is 0 Å². The maximum Gasteiger partial charge on any atom is 0.207 e. The lowest BCUT2D eigenvalue weighted by Crippen LogP contribution is -2.36. The summed E-state index contributed by atoms with van der Waals surface area (Å²) in [4.78, 5) is 15.3. The molecule has 0 atom stereocenters. The van der Waals surface area contributed by atoms with E-state index in [1.165, 1.54) is 20.9 Å². The summed E-state index contributed by atoms with van der Waals surface area (Å²) < 4.78 is 26.6. The Kier molecular flexibility index (Phi) is 4.07. The fourth-order valence-corrected chi connectivity index (χ4v) is 10.4. The molecule has 0 saturated heterocycles. The Hall–Kier alpha value is -4.11. The van der Waals surface area contributed by atoms with Crippen LogP contribution in [0, 0.1) is 0 Å². The molecule has 6 aromatic rings. The number of hydrogen-bond donors (Lipinski definition) is 0. The Bertz CT molecular complexity index is 2040. The Labute approximate surface area is 232 Å². The topological polar surface area (TPSA) is 63.2 Å². The first kappa shape index (κ1) is 21.8. The number of nitrogens with zero attached hydrogens (tertiary/aromatic N) is 3. The van der Waals surface area contributed by atoms with Gasteiger partial charge in [-0.1, -0.05) is 30.3 Å². The average molecular weight is 560 g/mol. The second kappa shape index (κ2) is 7.30. The molecular weight excluding hydrogens is 543 g/mol. The third kappa shape index (κ3) is 2.48. The third-order valence-electron chi connectivity index (χ3n) is 8.13. The summed E-state index contributed by atoms with van der Waals surface area (Å²) in [6, 6.07) is 25.6. The van der Waals surface area contributed by atoms with E-state index in [4.69, 9.17) is 9.97 Å². The monoisotopic (exact) mass is 559 g/mol. The first-order chi connectivity index (χ1) is 19.1. The van der Waals surface area contributed by atoms with Crippen molar-refractivity contribution in [2.24, 2.45) is 0 Å². The number of hydrogen-bond acceptors (Lipinski definition) is 7. The van der Waals surface area contributed by atoms with Crippen LogP contribution in [0.5, 0.6) is 0 Å². The zero-order valence-corrected chi connectivity index (χ0v) is 22.6. The molecule has 0 N–H and O–H groups in total. The van der Waals surface area contributed by atoms with E-state index in [2.05, 4.69) is 39.9 Å². The van der Waals surface area contributed by atoms with Crippen molar-refractivity contribution >= 4 is 49.8 Å². The highest BCUT2D eigenvalue weighted by molar-refractivity contribution is 7.92. The normalized spacial score (nSPS) is 16.3. The predicted octanol–water partition coefficient (Wildman–Crippen LogP) is 7.56. The van der Waals surface area contributed by atoms with Gasteiger partial charge in [0, 0.05) is 50.1 Å². The second-order valence-corrected chi connectivity index (χ2v) is 13.6. The van der Waals surface area contributed by atoms with E-state index in [0.29, 0.717) is 15.4 Å². The van der Waals surface area contributed by atoms with E-state index >= 15 is 0 Å². The number of rotatable bonds is 1. The van der Waals surface area contributed by atoms with Crippen molar-refractivity contribution < 1.29 is 8.42 Å². The van der Waals surface area contributed by atoms with Gasteiger partial charge in [0.1, 0.15) is 11.6 Å². The number of pyridine rings is 2. The van der Waals surface area contributed by atoms with Crippen LogP contribution in [-0.2, 0) is 15.3 Å². The van der Waals surface area contributed by atoms with Gasteiger partial charge in [0.25, 0.3) is 0 Å². The molecule has 186 valence electrons. The van der Waals surface area contributed by atoms with Crippen molar-refractivity contribution in [3.63, 3.8) is 0 Å². The van der Waals surface area contributed by atoms with Crippen molar-refractivity contribution in [2.45, 2.75) is 15.2 Å². The second-order valence-electron chi connectivity index (χ2n) is 9.84. The molecule has 0 fully saturated rings. The summed E-state index contributed by atoms with van der Waals surface area (Å²) in [5.74, 6) is 1.60. The van der Waals surface area contributed by atoms with Crippen LogP contribution in [0.1, 0.15) is 22.3 Å². The van der Waals surface area contributed by atoms with Crippen molar-refractivity contribution in [1.29, 1.82) is 0 Å².